The van der Waals surface area contributed by atoms with E-state index in [4.69, 9.17) is 4.52 Å². The second-order valence-corrected chi connectivity index (χ2v) is 6.01. The van der Waals surface area contributed by atoms with Crippen molar-refractivity contribution in [2.75, 3.05) is 7.05 Å². The first kappa shape index (κ1) is 14.5. The molecular weight excluding hydrogens is 234 g/mol. The number of thioether (sulfide) groups is 1. The van der Waals surface area contributed by atoms with Gasteiger partial charge in [0.2, 0.25) is 5.89 Å². The van der Waals surface area contributed by atoms with E-state index in [-0.39, 0.29) is 0 Å². The third kappa shape index (κ3) is 5.55. The van der Waals surface area contributed by atoms with E-state index in [9.17, 15) is 0 Å². The lowest BCUT2D eigenvalue weighted by Gasteiger charge is -2.11. The second-order valence-electron chi connectivity index (χ2n) is 4.44. The number of likely N-dealkylation sites (N-methyl/N-ethyl adjacent to an activating group) is 1. The van der Waals surface area contributed by atoms with Gasteiger partial charge in [-0.3, -0.25) is 0 Å². The van der Waals surface area contributed by atoms with E-state index in [1.54, 1.807) is 0 Å². The van der Waals surface area contributed by atoms with Gasteiger partial charge in [-0.15, -0.1) is 0 Å². The lowest BCUT2D eigenvalue weighted by molar-refractivity contribution is 0.353. The zero-order valence-electron chi connectivity index (χ0n) is 11.2. The molecule has 0 aromatic carbocycles. The smallest absolute Gasteiger partial charge is 0.228 e. The number of hydrogen-bond acceptors (Lipinski definition) is 5. The molecule has 0 aliphatic carbocycles. The van der Waals surface area contributed by atoms with Crippen LogP contribution >= 0.6 is 11.8 Å². The van der Waals surface area contributed by atoms with E-state index < -0.39 is 0 Å². The molecule has 0 aliphatic heterocycles. The summed E-state index contributed by atoms with van der Waals surface area (Å²) in [6.45, 7) is 6.52. The lowest BCUT2D eigenvalue weighted by atomic mass is 10.1. The topological polar surface area (TPSA) is 51.0 Å². The average Bonchev–Trinajstić information content (AvgIpc) is 2.73. The Labute approximate surface area is 108 Å². The van der Waals surface area contributed by atoms with E-state index in [0.29, 0.717) is 11.3 Å². The highest BCUT2D eigenvalue weighted by Gasteiger charge is 2.12. The van der Waals surface area contributed by atoms with E-state index in [0.717, 1.165) is 36.7 Å². The van der Waals surface area contributed by atoms with Crippen LogP contribution in [-0.4, -0.2) is 28.5 Å². The summed E-state index contributed by atoms with van der Waals surface area (Å²) in [5, 5.41) is 7.88. The summed E-state index contributed by atoms with van der Waals surface area (Å²) in [5.41, 5.74) is 0. The zero-order chi connectivity index (χ0) is 12.7. The molecule has 0 saturated heterocycles. The monoisotopic (exact) mass is 257 g/mol. The van der Waals surface area contributed by atoms with Gasteiger partial charge in [-0.25, -0.2) is 0 Å². The number of nitrogens with zero attached hydrogens (tertiary/aromatic N) is 2. The molecule has 1 heterocycles. The summed E-state index contributed by atoms with van der Waals surface area (Å²) < 4.78 is 5.26. The summed E-state index contributed by atoms with van der Waals surface area (Å²) in [4.78, 5) is 4.41. The third-order valence-electron chi connectivity index (χ3n) is 2.52. The maximum Gasteiger partial charge on any atom is 0.228 e. The number of hydrogen-bond donors (Lipinski definition) is 1. The lowest BCUT2D eigenvalue weighted by Crippen LogP contribution is -2.27. The van der Waals surface area contributed by atoms with Gasteiger partial charge >= 0.3 is 0 Å². The van der Waals surface area contributed by atoms with Crippen molar-refractivity contribution in [2.24, 2.45) is 0 Å². The quantitative estimate of drug-likeness (QED) is 0.776. The predicted molar refractivity (Wildman–Crippen MR) is 72.2 cm³/mol. The molecule has 0 fully saturated rings. The third-order valence-corrected chi connectivity index (χ3v) is 3.61. The number of nitrogens with one attached hydrogen (secondary N) is 1. The Bertz CT molecular complexity index is 314. The van der Waals surface area contributed by atoms with Crippen LogP contribution in [0.1, 0.15) is 45.3 Å². The van der Waals surface area contributed by atoms with Crippen LogP contribution in [0, 0.1) is 0 Å². The summed E-state index contributed by atoms with van der Waals surface area (Å²) in [6.07, 6.45) is 3.12. The fourth-order valence-corrected chi connectivity index (χ4v) is 2.18. The van der Waals surface area contributed by atoms with Gasteiger partial charge < -0.3 is 9.84 Å². The second kappa shape index (κ2) is 7.71. The fourth-order valence-electron chi connectivity index (χ4n) is 1.58. The number of aromatic nitrogens is 2. The first-order valence-corrected chi connectivity index (χ1v) is 7.30. The van der Waals surface area contributed by atoms with Gasteiger partial charge in [-0.2, -0.15) is 16.7 Å². The van der Waals surface area contributed by atoms with Gasteiger partial charge in [-0.1, -0.05) is 32.3 Å². The van der Waals surface area contributed by atoms with Crippen molar-refractivity contribution in [2.45, 2.75) is 57.1 Å². The van der Waals surface area contributed by atoms with Crippen molar-refractivity contribution < 1.29 is 4.52 Å². The van der Waals surface area contributed by atoms with E-state index in [1.807, 2.05) is 18.8 Å². The molecule has 1 N–H and O–H groups in total. The van der Waals surface area contributed by atoms with E-state index in [1.165, 1.54) is 0 Å². The van der Waals surface area contributed by atoms with Crippen molar-refractivity contribution in [3.05, 3.63) is 11.7 Å². The molecule has 17 heavy (non-hydrogen) atoms. The molecular formula is C12H23N3OS. The highest BCUT2D eigenvalue weighted by molar-refractivity contribution is 7.99. The molecule has 1 aromatic heterocycles. The minimum absolute atomic E-state index is 0.436. The maximum atomic E-state index is 5.26. The summed E-state index contributed by atoms with van der Waals surface area (Å²) in [6, 6.07) is 0.436. The minimum atomic E-state index is 0.436. The van der Waals surface area contributed by atoms with Gasteiger partial charge in [0, 0.05) is 12.5 Å². The van der Waals surface area contributed by atoms with Crippen molar-refractivity contribution in [1.29, 1.82) is 0 Å². The van der Waals surface area contributed by atoms with E-state index in [2.05, 4.69) is 36.2 Å². The summed E-state index contributed by atoms with van der Waals surface area (Å²) in [5.74, 6) is 2.39. The van der Waals surface area contributed by atoms with Gasteiger partial charge in [0.1, 0.15) is 0 Å². The Morgan fingerprint density at radius 3 is 2.76 bits per heavy atom. The molecule has 0 amide bonds. The molecule has 4 nitrogen and oxygen atoms in total. The highest BCUT2D eigenvalue weighted by Crippen LogP contribution is 2.15. The van der Waals surface area contributed by atoms with Gasteiger partial charge in [0.05, 0.1) is 5.75 Å². The van der Waals surface area contributed by atoms with Crippen LogP contribution in [0.2, 0.25) is 0 Å². The average molecular weight is 257 g/mol. The molecule has 1 atom stereocenters. The zero-order valence-corrected chi connectivity index (χ0v) is 12.0. The van der Waals surface area contributed by atoms with E-state index >= 15 is 0 Å². The van der Waals surface area contributed by atoms with Crippen LogP contribution in [0.5, 0.6) is 0 Å². The van der Waals surface area contributed by atoms with Gasteiger partial charge in [-0.05, 0) is 18.7 Å². The van der Waals surface area contributed by atoms with Crippen molar-refractivity contribution in [3.8, 4) is 0 Å². The molecule has 0 spiro atoms. The van der Waals surface area contributed by atoms with Crippen LogP contribution in [0.4, 0.5) is 0 Å². The Morgan fingerprint density at radius 2 is 2.18 bits per heavy atom. The first-order valence-electron chi connectivity index (χ1n) is 6.26. The Kier molecular flexibility index (Phi) is 6.58. The molecule has 0 aliphatic rings. The maximum absolute atomic E-state index is 5.26. The van der Waals surface area contributed by atoms with Crippen molar-refractivity contribution >= 4 is 11.8 Å². The summed E-state index contributed by atoms with van der Waals surface area (Å²) in [7, 11) is 1.98. The largest absolute Gasteiger partial charge is 0.339 e. The minimum Gasteiger partial charge on any atom is -0.339 e. The van der Waals surface area contributed by atoms with Crippen LogP contribution in [-0.2, 0) is 12.2 Å². The fraction of sp³-hybridized carbons (Fsp3) is 0.833. The Morgan fingerprint density at radius 1 is 1.41 bits per heavy atom. The Balaban J connectivity index is 2.44. The van der Waals surface area contributed by atoms with Gasteiger partial charge in [0.15, 0.2) is 5.82 Å². The van der Waals surface area contributed by atoms with Crippen molar-refractivity contribution in [3.63, 3.8) is 0 Å². The predicted octanol–water partition coefficient (Wildman–Crippen LogP) is 2.64. The highest BCUT2D eigenvalue weighted by atomic mass is 32.2. The molecule has 98 valence electrons. The first-order chi connectivity index (χ1) is 8.15. The molecule has 0 saturated carbocycles. The molecule has 5 heteroatoms. The van der Waals surface area contributed by atoms with Crippen LogP contribution in [0.25, 0.3) is 0 Å². The van der Waals surface area contributed by atoms with Gasteiger partial charge in [0.25, 0.3) is 0 Å². The Hall–Kier alpha value is -0.550. The SMILES string of the molecule is CCCC(Cc1nc(CSC(C)C)no1)NC. The molecule has 1 rings (SSSR count). The van der Waals surface area contributed by atoms with Crippen LogP contribution in [0.15, 0.2) is 4.52 Å². The van der Waals surface area contributed by atoms with Crippen LogP contribution < -0.4 is 5.32 Å². The molecule has 1 unspecified atom stereocenters. The standard InChI is InChI=1S/C12H23N3OS/c1-5-6-10(13-4)7-12-14-11(15-16-12)8-17-9(2)3/h9-10,13H,5-8H2,1-4H3. The molecule has 1 aromatic rings. The normalized spacial score (nSPS) is 13.2. The number of rotatable bonds is 8. The van der Waals surface area contributed by atoms with Crippen LogP contribution in [0.3, 0.4) is 0 Å². The summed E-state index contributed by atoms with van der Waals surface area (Å²) >= 11 is 1.83. The molecule has 0 radical (unpaired) electrons. The van der Waals surface area contributed by atoms with Crippen molar-refractivity contribution in [1.82, 2.24) is 15.5 Å². The molecule has 0 bridgehead atoms.